The monoisotopic (exact) mass is 382 g/mol. The molecule has 0 saturated heterocycles. The summed E-state index contributed by atoms with van der Waals surface area (Å²) in [6.07, 6.45) is 0. The molecular weight excluding hydrogens is 363 g/mol. The van der Waals surface area contributed by atoms with Crippen molar-refractivity contribution in [3.8, 4) is 11.5 Å². The number of rotatable bonds is 6. The molecule has 8 heteroatoms. The number of aryl methyl sites for hydroxylation is 1. The Morgan fingerprint density at radius 2 is 1.61 bits per heavy atom. The minimum Gasteiger partial charge on any atom is -0.493 e. The van der Waals surface area contributed by atoms with Crippen LogP contribution in [0.5, 0.6) is 11.5 Å². The molecule has 2 N–H and O–H groups in total. The van der Waals surface area contributed by atoms with Crippen LogP contribution in [0.3, 0.4) is 0 Å². The van der Waals surface area contributed by atoms with Crippen LogP contribution in [-0.2, 0) is 0 Å². The zero-order valence-electron chi connectivity index (χ0n) is 15.6. The fourth-order valence-corrected chi connectivity index (χ4v) is 2.51. The van der Waals surface area contributed by atoms with E-state index in [9.17, 15) is 9.18 Å². The van der Waals surface area contributed by atoms with Crippen LogP contribution >= 0.6 is 0 Å². The average Bonchev–Trinajstić information content (AvgIpc) is 2.69. The molecule has 0 saturated carbocycles. The van der Waals surface area contributed by atoms with E-state index in [1.54, 1.807) is 43.3 Å². The summed E-state index contributed by atoms with van der Waals surface area (Å²) in [5.41, 5.74) is 1.94. The summed E-state index contributed by atoms with van der Waals surface area (Å²) >= 11 is 0. The van der Waals surface area contributed by atoms with Gasteiger partial charge in [-0.3, -0.25) is 4.79 Å². The van der Waals surface area contributed by atoms with E-state index in [-0.39, 0.29) is 17.5 Å². The maximum Gasteiger partial charge on any atom is 0.274 e. The summed E-state index contributed by atoms with van der Waals surface area (Å²) < 4.78 is 23.5. The second-order valence-electron chi connectivity index (χ2n) is 5.87. The highest BCUT2D eigenvalue weighted by molar-refractivity contribution is 6.03. The van der Waals surface area contributed by atoms with Crippen molar-refractivity contribution in [2.45, 2.75) is 6.92 Å². The zero-order chi connectivity index (χ0) is 20.1. The molecule has 3 aromatic rings. The third kappa shape index (κ3) is 4.53. The Balaban J connectivity index is 1.80. The first-order valence-corrected chi connectivity index (χ1v) is 8.40. The number of ether oxygens (including phenoxy) is 2. The van der Waals surface area contributed by atoms with Gasteiger partial charge in [-0.05, 0) is 49.4 Å². The number of benzene rings is 2. The lowest BCUT2D eigenvalue weighted by Crippen LogP contribution is -2.15. The van der Waals surface area contributed by atoms with Gasteiger partial charge in [0.25, 0.3) is 5.91 Å². The molecule has 2 aromatic carbocycles. The maximum atomic E-state index is 13.0. The minimum atomic E-state index is -0.403. The van der Waals surface area contributed by atoms with Crippen molar-refractivity contribution in [2.75, 3.05) is 24.9 Å². The summed E-state index contributed by atoms with van der Waals surface area (Å²) in [6.45, 7) is 1.75. The van der Waals surface area contributed by atoms with E-state index < -0.39 is 5.91 Å². The van der Waals surface area contributed by atoms with Gasteiger partial charge in [0, 0.05) is 23.1 Å². The molecule has 0 fully saturated rings. The number of nitrogens with zero attached hydrogens (tertiary/aromatic N) is 2. The SMILES string of the molecule is COc1ccc(NC(=O)c2cc(C)nc(Nc3ccc(F)cc3)n2)cc1OC. The topological polar surface area (TPSA) is 85.4 Å². The number of carbonyl (C=O) groups excluding carboxylic acids is 1. The van der Waals surface area contributed by atoms with Crippen LogP contribution in [0.4, 0.5) is 21.7 Å². The Kier molecular flexibility index (Phi) is 5.69. The summed E-state index contributed by atoms with van der Waals surface area (Å²) in [4.78, 5) is 21.1. The van der Waals surface area contributed by atoms with Gasteiger partial charge in [-0.1, -0.05) is 0 Å². The number of anilines is 3. The van der Waals surface area contributed by atoms with E-state index >= 15 is 0 Å². The first kappa shape index (κ1) is 19.1. The molecule has 1 heterocycles. The molecule has 7 nitrogen and oxygen atoms in total. The molecule has 28 heavy (non-hydrogen) atoms. The fraction of sp³-hybridized carbons (Fsp3) is 0.150. The van der Waals surface area contributed by atoms with Gasteiger partial charge in [-0.2, -0.15) is 0 Å². The van der Waals surface area contributed by atoms with Gasteiger partial charge in [0.05, 0.1) is 14.2 Å². The molecule has 0 unspecified atom stereocenters. The number of halogens is 1. The summed E-state index contributed by atoms with van der Waals surface area (Å²) in [7, 11) is 3.06. The first-order valence-electron chi connectivity index (χ1n) is 8.40. The lowest BCUT2D eigenvalue weighted by atomic mass is 10.2. The lowest BCUT2D eigenvalue weighted by molar-refractivity contribution is 0.102. The Hall–Kier alpha value is -3.68. The normalized spacial score (nSPS) is 10.3. The average molecular weight is 382 g/mol. The third-order valence-electron chi connectivity index (χ3n) is 3.83. The van der Waals surface area contributed by atoms with Gasteiger partial charge in [0.2, 0.25) is 5.95 Å². The molecular formula is C20H19FN4O3. The highest BCUT2D eigenvalue weighted by Gasteiger charge is 2.13. The Bertz CT molecular complexity index is 993. The number of amides is 1. The highest BCUT2D eigenvalue weighted by Crippen LogP contribution is 2.29. The smallest absolute Gasteiger partial charge is 0.274 e. The van der Waals surface area contributed by atoms with Crippen molar-refractivity contribution in [3.05, 3.63) is 65.7 Å². The number of hydrogen-bond donors (Lipinski definition) is 2. The number of carbonyl (C=O) groups is 1. The molecule has 0 aliphatic carbocycles. The molecule has 0 aliphatic rings. The molecule has 0 atom stereocenters. The van der Waals surface area contributed by atoms with Crippen molar-refractivity contribution in [1.82, 2.24) is 9.97 Å². The summed E-state index contributed by atoms with van der Waals surface area (Å²) in [6, 6.07) is 12.4. The van der Waals surface area contributed by atoms with Gasteiger partial charge < -0.3 is 20.1 Å². The molecule has 0 radical (unpaired) electrons. The molecule has 0 bridgehead atoms. The lowest BCUT2D eigenvalue weighted by Gasteiger charge is -2.11. The van der Waals surface area contributed by atoms with E-state index in [1.807, 2.05) is 0 Å². The largest absolute Gasteiger partial charge is 0.493 e. The first-order chi connectivity index (χ1) is 13.5. The van der Waals surface area contributed by atoms with Crippen LogP contribution in [0.2, 0.25) is 0 Å². The second kappa shape index (κ2) is 8.34. The Morgan fingerprint density at radius 1 is 0.929 bits per heavy atom. The van der Waals surface area contributed by atoms with Crippen LogP contribution in [0.1, 0.15) is 16.2 Å². The predicted molar refractivity (Wildman–Crippen MR) is 104 cm³/mol. The fourth-order valence-electron chi connectivity index (χ4n) is 2.51. The standard InChI is InChI=1S/C20H19FN4O3/c1-12-10-16(25-20(22-12)24-14-6-4-13(21)5-7-14)19(26)23-15-8-9-17(27-2)18(11-15)28-3/h4-11H,1-3H3,(H,23,26)(H,22,24,25). The Labute approximate surface area is 161 Å². The van der Waals surface area contributed by atoms with Gasteiger partial charge in [0.1, 0.15) is 11.5 Å². The quantitative estimate of drug-likeness (QED) is 0.672. The van der Waals surface area contributed by atoms with E-state index in [4.69, 9.17) is 9.47 Å². The number of methoxy groups -OCH3 is 2. The van der Waals surface area contributed by atoms with Crippen molar-refractivity contribution in [2.24, 2.45) is 0 Å². The Morgan fingerprint density at radius 3 is 2.29 bits per heavy atom. The predicted octanol–water partition coefficient (Wildman–Crippen LogP) is 3.94. The minimum absolute atomic E-state index is 0.187. The maximum absolute atomic E-state index is 13.0. The van der Waals surface area contributed by atoms with Crippen LogP contribution < -0.4 is 20.1 Å². The van der Waals surface area contributed by atoms with Gasteiger partial charge in [-0.15, -0.1) is 0 Å². The van der Waals surface area contributed by atoms with Crippen LogP contribution in [0, 0.1) is 12.7 Å². The van der Waals surface area contributed by atoms with E-state index in [0.717, 1.165) is 0 Å². The van der Waals surface area contributed by atoms with Crippen LogP contribution in [-0.4, -0.2) is 30.1 Å². The van der Waals surface area contributed by atoms with Gasteiger partial charge >= 0.3 is 0 Å². The van der Waals surface area contributed by atoms with Crippen molar-refractivity contribution >= 4 is 23.2 Å². The van der Waals surface area contributed by atoms with E-state index in [2.05, 4.69) is 20.6 Å². The molecule has 144 valence electrons. The molecule has 0 spiro atoms. The summed E-state index contributed by atoms with van der Waals surface area (Å²) in [5.74, 6) is 0.552. The van der Waals surface area contributed by atoms with Gasteiger partial charge in [0.15, 0.2) is 11.5 Å². The molecule has 0 aliphatic heterocycles. The number of aromatic nitrogens is 2. The molecule has 1 aromatic heterocycles. The van der Waals surface area contributed by atoms with Crippen LogP contribution in [0.15, 0.2) is 48.5 Å². The highest BCUT2D eigenvalue weighted by atomic mass is 19.1. The third-order valence-corrected chi connectivity index (χ3v) is 3.83. The van der Waals surface area contributed by atoms with E-state index in [1.165, 1.54) is 26.4 Å². The number of hydrogen-bond acceptors (Lipinski definition) is 6. The number of nitrogens with one attached hydrogen (secondary N) is 2. The van der Waals surface area contributed by atoms with Crippen molar-refractivity contribution < 1.29 is 18.7 Å². The molecule has 3 rings (SSSR count). The van der Waals surface area contributed by atoms with Crippen molar-refractivity contribution in [1.29, 1.82) is 0 Å². The summed E-state index contributed by atoms with van der Waals surface area (Å²) in [5, 5.41) is 5.73. The van der Waals surface area contributed by atoms with Crippen molar-refractivity contribution in [3.63, 3.8) is 0 Å². The zero-order valence-corrected chi connectivity index (χ0v) is 15.6. The van der Waals surface area contributed by atoms with Gasteiger partial charge in [-0.25, -0.2) is 14.4 Å². The van der Waals surface area contributed by atoms with E-state index in [0.29, 0.717) is 28.6 Å². The molecule has 1 amide bonds. The van der Waals surface area contributed by atoms with Crippen LogP contribution in [0.25, 0.3) is 0 Å². The second-order valence-corrected chi connectivity index (χ2v) is 5.87.